The average molecular weight is 286 g/mol. The summed E-state index contributed by atoms with van der Waals surface area (Å²) in [6, 6.07) is 0. The van der Waals surface area contributed by atoms with Crippen LogP contribution in [0.15, 0.2) is 10.8 Å². The molecule has 0 N–H and O–H groups in total. The number of nitrogens with zero attached hydrogens (tertiary/aromatic N) is 4. The van der Waals surface area contributed by atoms with Gasteiger partial charge in [-0.05, 0) is 13.8 Å². The molecule has 1 atom stereocenters. The number of hydrogen-bond donors (Lipinski definition) is 0. The summed E-state index contributed by atoms with van der Waals surface area (Å²) < 4.78 is 11.0. The Bertz CT molecular complexity index is 682. The predicted octanol–water partition coefficient (Wildman–Crippen LogP) is 1.44. The predicted molar refractivity (Wildman–Crippen MR) is 75.1 cm³/mol. The van der Waals surface area contributed by atoms with Crippen molar-refractivity contribution in [3.63, 3.8) is 0 Å². The van der Waals surface area contributed by atoms with E-state index in [1.807, 2.05) is 13.8 Å². The molecule has 6 heteroatoms. The summed E-state index contributed by atoms with van der Waals surface area (Å²) >= 11 is 0. The molecule has 2 aromatic heterocycles. The molecule has 4 heterocycles. The summed E-state index contributed by atoms with van der Waals surface area (Å²) in [5.41, 5.74) is 4.50. The van der Waals surface area contributed by atoms with Gasteiger partial charge in [-0.2, -0.15) is 4.98 Å². The topological polar surface area (TPSA) is 64.3 Å². The minimum atomic E-state index is 0.163. The molecular weight excluding hydrogens is 268 g/mol. The molecular formula is C15H18N4O2. The highest BCUT2D eigenvalue weighted by Gasteiger charge is 2.30. The van der Waals surface area contributed by atoms with Gasteiger partial charge in [0.25, 0.3) is 0 Å². The number of aryl methyl sites for hydroxylation is 2. The van der Waals surface area contributed by atoms with Gasteiger partial charge in [-0.3, -0.25) is 4.90 Å². The molecule has 0 aliphatic carbocycles. The van der Waals surface area contributed by atoms with Gasteiger partial charge in [0.2, 0.25) is 5.88 Å². The number of fused-ring (bicyclic) bond motifs is 2. The normalized spacial score (nSPS) is 21.0. The third-order valence-electron chi connectivity index (χ3n) is 4.25. The van der Waals surface area contributed by atoms with Crippen LogP contribution in [0.2, 0.25) is 0 Å². The summed E-state index contributed by atoms with van der Waals surface area (Å²) in [7, 11) is 0. The third-order valence-corrected chi connectivity index (χ3v) is 4.25. The minimum Gasteiger partial charge on any atom is -0.472 e. The van der Waals surface area contributed by atoms with Gasteiger partial charge in [-0.15, -0.1) is 0 Å². The van der Waals surface area contributed by atoms with Crippen molar-refractivity contribution in [1.82, 2.24) is 20.0 Å². The lowest BCUT2D eigenvalue weighted by Gasteiger charge is -2.27. The van der Waals surface area contributed by atoms with E-state index in [0.717, 1.165) is 61.1 Å². The Hall–Kier alpha value is -1.95. The van der Waals surface area contributed by atoms with Crippen LogP contribution in [-0.2, 0) is 19.4 Å². The van der Waals surface area contributed by atoms with Crippen molar-refractivity contribution >= 4 is 0 Å². The highest BCUT2D eigenvalue weighted by atomic mass is 16.5. The van der Waals surface area contributed by atoms with Gasteiger partial charge in [0, 0.05) is 49.3 Å². The van der Waals surface area contributed by atoms with Crippen LogP contribution in [0.1, 0.15) is 28.3 Å². The van der Waals surface area contributed by atoms with Gasteiger partial charge >= 0.3 is 0 Å². The van der Waals surface area contributed by atoms with E-state index in [-0.39, 0.29) is 6.10 Å². The van der Waals surface area contributed by atoms with Crippen LogP contribution in [0.4, 0.5) is 0 Å². The Morgan fingerprint density at radius 1 is 1.33 bits per heavy atom. The molecule has 0 unspecified atom stereocenters. The minimum absolute atomic E-state index is 0.163. The summed E-state index contributed by atoms with van der Waals surface area (Å²) in [6.45, 7) is 6.73. The average Bonchev–Trinajstić information content (AvgIpc) is 3.04. The summed E-state index contributed by atoms with van der Waals surface area (Å²) in [5, 5.41) is 4.03. The van der Waals surface area contributed by atoms with Crippen LogP contribution in [0.3, 0.4) is 0 Å². The van der Waals surface area contributed by atoms with Crippen LogP contribution in [0, 0.1) is 13.8 Å². The van der Waals surface area contributed by atoms with Crippen molar-refractivity contribution in [2.24, 2.45) is 0 Å². The largest absolute Gasteiger partial charge is 0.472 e. The summed E-state index contributed by atoms with van der Waals surface area (Å²) in [5.74, 6) is 1.55. The van der Waals surface area contributed by atoms with Gasteiger partial charge in [0.1, 0.15) is 18.2 Å². The fraction of sp³-hybridized carbons (Fsp3) is 0.533. The van der Waals surface area contributed by atoms with Crippen molar-refractivity contribution in [1.29, 1.82) is 0 Å². The second kappa shape index (κ2) is 4.80. The van der Waals surface area contributed by atoms with E-state index in [0.29, 0.717) is 0 Å². The van der Waals surface area contributed by atoms with Gasteiger partial charge in [0.15, 0.2) is 0 Å². The molecule has 2 aromatic rings. The zero-order chi connectivity index (χ0) is 14.4. The Morgan fingerprint density at radius 3 is 3.14 bits per heavy atom. The quantitative estimate of drug-likeness (QED) is 0.832. The molecule has 0 aromatic carbocycles. The monoisotopic (exact) mass is 286 g/mol. The summed E-state index contributed by atoms with van der Waals surface area (Å²) in [4.78, 5) is 11.2. The van der Waals surface area contributed by atoms with E-state index in [4.69, 9.17) is 9.26 Å². The molecule has 110 valence electrons. The maximum atomic E-state index is 6.01. The molecule has 2 aliphatic heterocycles. The fourth-order valence-electron chi connectivity index (χ4n) is 3.21. The number of aromatic nitrogens is 3. The van der Waals surface area contributed by atoms with Crippen LogP contribution in [0.25, 0.3) is 0 Å². The SMILES string of the molecule is Cc1nc(C)c2c(n1)O[C@H](CN1CCc3nocc3C1)C2. The maximum Gasteiger partial charge on any atom is 0.220 e. The first-order chi connectivity index (χ1) is 10.2. The molecule has 0 spiro atoms. The van der Waals surface area contributed by atoms with Gasteiger partial charge in [0.05, 0.1) is 5.69 Å². The lowest BCUT2D eigenvalue weighted by molar-refractivity contribution is 0.137. The molecule has 0 amide bonds. The molecule has 2 aliphatic rings. The number of rotatable bonds is 2. The molecule has 6 nitrogen and oxygen atoms in total. The van der Waals surface area contributed by atoms with Crippen LogP contribution < -0.4 is 4.74 Å². The van der Waals surface area contributed by atoms with Gasteiger partial charge in [-0.25, -0.2) is 4.98 Å². The molecule has 4 rings (SSSR count). The first-order valence-electron chi connectivity index (χ1n) is 7.34. The molecule has 0 saturated heterocycles. The van der Waals surface area contributed by atoms with E-state index >= 15 is 0 Å². The highest BCUT2D eigenvalue weighted by molar-refractivity contribution is 5.34. The standard InChI is InChI=1S/C15H18N4O2/c1-9-13-5-12(21-15(13)17-10(2)16-9)7-19-4-3-14-11(6-19)8-20-18-14/h8,12H,3-7H2,1-2H3/t12-/m0/s1. The molecule has 21 heavy (non-hydrogen) atoms. The Labute approximate surface area is 123 Å². The van der Waals surface area contributed by atoms with Crippen molar-refractivity contribution in [3.05, 3.63) is 34.6 Å². The highest BCUT2D eigenvalue weighted by Crippen LogP contribution is 2.29. The van der Waals surface area contributed by atoms with Gasteiger partial charge in [-0.1, -0.05) is 5.16 Å². The zero-order valence-electron chi connectivity index (χ0n) is 12.3. The van der Waals surface area contributed by atoms with Crippen LogP contribution in [-0.4, -0.2) is 39.2 Å². The van der Waals surface area contributed by atoms with E-state index in [2.05, 4.69) is 20.0 Å². The smallest absolute Gasteiger partial charge is 0.220 e. The van der Waals surface area contributed by atoms with Crippen molar-refractivity contribution in [2.45, 2.75) is 39.3 Å². The van der Waals surface area contributed by atoms with Crippen LogP contribution >= 0.6 is 0 Å². The molecule has 0 bridgehead atoms. The number of ether oxygens (including phenoxy) is 1. The second-order valence-electron chi connectivity index (χ2n) is 5.86. The fourth-order valence-corrected chi connectivity index (χ4v) is 3.21. The van der Waals surface area contributed by atoms with E-state index in [1.54, 1.807) is 6.26 Å². The third kappa shape index (κ3) is 2.29. The molecule has 0 saturated carbocycles. The van der Waals surface area contributed by atoms with E-state index in [1.165, 1.54) is 5.56 Å². The Balaban J connectivity index is 1.45. The Kier molecular flexibility index (Phi) is 2.92. The summed E-state index contributed by atoms with van der Waals surface area (Å²) in [6.07, 6.45) is 3.76. The van der Waals surface area contributed by atoms with Crippen molar-refractivity contribution in [3.8, 4) is 5.88 Å². The van der Waals surface area contributed by atoms with Crippen LogP contribution in [0.5, 0.6) is 5.88 Å². The maximum absolute atomic E-state index is 6.01. The van der Waals surface area contributed by atoms with Gasteiger partial charge < -0.3 is 9.26 Å². The molecule has 0 fully saturated rings. The Morgan fingerprint density at radius 2 is 2.24 bits per heavy atom. The van der Waals surface area contributed by atoms with E-state index < -0.39 is 0 Å². The zero-order valence-corrected chi connectivity index (χ0v) is 12.3. The lowest BCUT2D eigenvalue weighted by atomic mass is 10.1. The van der Waals surface area contributed by atoms with Crippen molar-refractivity contribution in [2.75, 3.05) is 13.1 Å². The first kappa shape index (κ1) is 12.8. The first-order valence-corrected chi connectivity index (χ1v) is 7.34. The number of hydrogen-bond acceptors (Lipinski definition) is 6. The molecule has 0 radical (unpaired) electrons. The van der Waals surface area contributed by atoms with Crippen molar-refractivity contribution < 1.29 is 9.26 Å². The second-order valence-corrected chi connectivity index (χ2v) is 5.86. The van der Waals surface area contributed by atoms with E-state index in [9.17, 15) is 0 Å². The lowest BCUT2D eigenvalue weighted by Crippen LogP contribution is -2.38.